The normalized spacial score (nSPS) is 36.2. The molecule has 13 heavy (non-hydrogen) atoms. The summed E-state index contributed by atoms with van der Waals surface area (Å²) in [5.41, 5.74) is 4.84. The predicted molar refractivity (Wildman–Crippen MR) is 41.9 cm³/mol. The van der Waals surface area contributed by atoms with Crippen LogP contribution < -0.4 is 5.73 Å². The number of hydrogen-bond donors (Lipinski definition) is 1. The van der Waals surface area contributed by atoms with Crippen LogP contribution in [0.2, 0.25) is 0 Å². The van der Waals surface area contributed by atoms with E-state index in [9.17, 15) is 13.2 Å². The van der Waals surface area contributed by atoms with Crippen LogP contribution in [0.1, 0.15) is 25.7 Å². The van der Waals surface area contributed by atoms with E-state index in [4.69, 9.17) is 10.5 Å². The zero-order valence-corrected chi connectivity index (χ0v) is 7.53. The summed E-state index contributed by atoms with van der Waals surface area (Å²) in [6, 6.07) is 0. The first kappa shape index (κ1) is 10.8. The topological polar surface area (TPSA) is 35.2 Å². The van der Waals surface area contributed by atoms with Gasteiger partial charge in [0.15, 0.2) is 0 Å². The summed E-state index contributed by atoms with van der Waals surface area (Å²) < 4.78 is 41.6. The molecule has 0 aromatic carbocycles. The van der Waals surface area contributed by atoms with Crippen molar-refractivity contribution in [2.75, 3.05) is 7.11 Å². The zero-order chi connectivity index (χ0) is 10.1. The molecule has 0 aromatic heterocycles. The Balaban J connectivity index is 2.48. The number of hydrogen-bond acceptors (Lipinski definition) is 2. The van der Waals surface area contributed by atoms with E-state index in [1.807, 2.05) is 0 Å². The Morgan fingerprint density at radius 3 is 2.08 bits per heavy atom. The molecule has 0 atom stereocenters. The monoisotopic (exact) mass is 197 g/mol. The molecular formula is C8H14F3NO. The van der Waals surface area contributed by atoms with Gasteiger partial charge in [0.05, 0.1) is 5.92 Å². The number of halogens is 3. The molecule has 0 aromatic rings. The zero-order valence-electron chi connectivity index (χ0n) is 7.53. The van der Waals surface area contributed by atoms with Crippen molar-refractivity contribution in [2.24, 2.45) is 11.7 Å². The average Bonchev–Trinajstić information content (AvgIpc) is 2.04. The Morgan fingerprint density at radius 1 is 1.31 bits per heavy atom. The van der Waals surface area contributed by atoms with Crippen LogP contribution in [-0.4, -0.2) is 19.0 Å². The molecule has 1 fully saturated rings. The lowest BCUT2D eigenvalue weighted by Gasteiger charge is -2.36. The lowest BCUT2D eigenvalue weighted by atomic mass is 9.83. The van der Waals surface area contributed by atoms with E-state index < -0.39 is 17.8 Å². The van der Waals surface area contributed by atoms with Crippen LogP contribution in [0.4, 0.5) is 13.2 Å². The fraction of sp³-hybridized carbons (Fsp3) is 1.00. The van der Waals surface area contributed by atoms with Crippen molar-refractivity contribution >= 4 is 0 Å². The molecule has 0 aliphatic heterocycles. The first-order valence-corrected chi connectivity index (χ1v) is 4.28. The molecule has 0 spiro atoms. The maximum atomic E-state index is 12.2. The second kappa shape index (κ2) is 3.46. The quantitative estimate of drug-likeness (QED) is 0.653. The van der Waals surface area contributed by atoms with Crippen molar-refractivity contribution in [3.8, 4) is 0 Å². The Kier molecular flexibility index (Phi) is 2.87. The van der Waals surface area contributed by atoms with E-state index >= 15 is 0 Å². The molecular weight excluding hydrogens is 183 g/mol. The number of methoxy groups -OCH3 is 1. The SMILES string of the molecule is COC1(N)CCC(C(F)(F)F)CC1. The van der Waals surface area contributed by atoms with Gasteiger partial charge in [-0.3, -0.25) is 0 Å². The molecule has 1 aliphatic carbocycles. The minimum absolute atomic E-state index is 0.0772. The minimum Gasteiger partial charge on any atom is -0.364 e. The van der Waals surface area contributed by atoms with E-state index in [1.165, 1.54) is 7.11 Å². The third kappa shape index (κ3) is 2.57. The van der Waals surface area contributed by atoms with Crippen LogP contribution >= 0.6 is 0 Å². The maximum Gasteiger partial charge on any atom is 0.391 e. The van der Waals surface area contributed by atoms with E-state index in [0.717, 1.165) is 0 Å². The summed E-state index contributed by atoms with van der Waals surface area (Å²) in [6.07, 6.45) is -3.35. The lowest BCUT2D eigenvalue weighted by Crippen LogP contribution is -2.46. The average molecular weight is 197 g/mol. The highest BCUT2D eigenvalue weighted by Gasteiger charge is 2.44. The van der Waals surface area contributed by atoms with Gasteiger partial charge in [-0.15, -0.1) is 0 Å². The van der Waals surface area contributed by atoms with Gasteiger partial charge < -0.3 is 10.5 Å². The highest BCUT2D eigenvalue weighted by Crippen LogP contribution is 2.40. The van der Waals surface area contributed by atoms with Crippen LogP contribution in [0, 0.1) is 5.92 Å². The molecule has 2 nitrogen and oxygen atoms in total. The standard InChI is InChI=1S/C8H14F3NO/c1-13-7(12)4-2-6(3-5-7)8(9,10)11/h6H,2-5,12H2,1H3. The van der Waals surface area contributed by atoms with Gasteiger partial charge >= 0.3 is 6.18 Å². The fourth-order valence-electron chi connectivity index (χ4n) is 1.64. The lowest BCUT2D eigenvalue weighted by molar-refractivity contribution is -0.194. The van der Waals surface area contributed by atoms with Crippen molar-refractivity contribution in [1.29, 1.82) is 0 Å². The minimum atomic E-state index is -4.07. The summed E-state index contributed by atoms with van der Waals surface area (Å²) >= 11 is 0. The number of ether oxygens (including phenoxy) is 1. The smallest absolute Gasteiger partial charge is 0.364 e. The maximum absolute atomic E-state index is 12.2. The third-order valence-corrected chi connectivity index (χ3v) is 2.70. The molecule has 78 valence electrons. The van der Waals surface area contributed by atoms with Gasteiger partial charge in [0.1, 0.15) is 5.72 Å². The summed E-state index contributed by atoms with van der Waals surface area (Å²) in [4.78, 5) is 0. The molecule has 2 N–H and O–H groups in total. The summed E-state index contributed by atoms with van der Waals surface area (Å²) in [5, 5.41) is 0. The molecule has 0 amide bonds. The Morgan fingerprint density at radius 2 is 1.77 bits per heavy atom. The van der Waals surface area contributed by atoms with Crippen molar-refractivity contribution in [3.63, 3.8) is 0 Å². The van der Waals surface area contributed by atoms with E-state index in [-0.39, 0.29) is 25.7 Å². The van der Waals surface area contributed by atoms with Crippen LogP contribution in [-0.2, 0) is 4.74 Å². The van der Waals surface area contributed by atoms with E-state index in [0.29, 0.717) is 0 Å². The number of alkyl halides is 3. The van der Waals surface area contributed by atoms with Crippen LogP contribution in [0.15, 0.2) is 0 Å². The Labute approximate surface area is 75.2 Å². The van der Waals surface area contributed by atoms with Crippen molar-refractivity contribution < 1.29 is 17.9 Å². The second-order valence-electron chi connectivity index (χ2n) is 3.58. The van der Waals surface area contributed by atoms with Crippen LogP contribution in [0.25, 0.3) is 0 Å². The van der Waals surface area contributed by atoms with Crippen LogP contribution in [0.5, 0.6) is 0 Å². The Bertz CT molecular complexity index is 173. The molecule has 1 aliphatic rings. The van der Waals surface area contributed by atoms with Gasteiger partial charge in [0, 0.05) is 7.11 Å². The van der Waals surface area contributed by atoms with Gasteiger partial charge in [-0.05, 0) is 25.7 Å². The van der Waals surface area contributed by atoms with Gasteiger partial charge in [0.2, 0.25) is 0 Å². The van der Waals surface area contributed by atoms with Crippen molar-refractivity contribution in [2.45, 2.75) is 37.6 Å². The van der Waals surface area contributed by atoms with E-state index in [2.05, 4.69) is 0 Å². The molecule has 0 bridgehead atoms. The van der Waals surface area contributed by atoms with Crippen LogP contribution in [0.3, 0.4) is 0 Å². The van der Waals surface area contributed by atoms with Gasteiger partial charge in [0.25, 0.3) is 0 Å². The predicted octanol–water partition coefficient (Wildman–Crippen LogP) is 2.04. The molecule has 1 saturated carbocycles. The molecule has 5 heteroatoms. The molecule has 0 unspecified atom stereocenters. The van der Waals surface area contributed by atoms with E-state index in [1.54, 1.807) is 0 Å². The molecule has 0 radical (unpaired) electrons. The first-order chi connectivity index (χ1) is 5.87. The number of nitrogens with two attached hydrogens (primary N) is 1. The Hall–Kier alpha value is -0.290. The molecule has 0 saturated heterocycles. The summed E-state index contributed by atoms with van der Waals surface area (Å²) in [5.74, 6) is -1.20. The fourth-order valence-corrected chi connectivity index (χ4v) is 1.64. The first-order valence-electron chi connectivity index (χ1n) is 4.28. The highest BCUT2D eigenvalue weighted by molar-refractivity contribution is 4.84. The highest BCUT2D eigenvalue weighted by atomic mass is 19.4. The summed E-state index contributed by atoms with van der Waals surface area (Å²) in [6.45, 7) is 0. The molecule has 0 heterocycles. The van der Waals surface area contributed by atoms with Gasteiger partial charge in [-0.25, -0.2) is 0 Å². The number of rotatable bonds is 1. The van der Waals surface area contributed by atoms with Crippen molar-refractivity contribution in [3.05, 3.63) is 0 Å². The van der Waals surface area contributed by atoms with Gasteiger partial charge in [-0.2, -0.15) is 13.2 Å². The molecule has 1 rings (SSSR count). The summed E-state index contributed by atoms with van der Waals surface area (Å²) in [7, 11) is 1.44. The third-order valence-electron chi connectivity index (χ3n) is 2.70. The van der Waals surface area contributed by atoms with Gasteiger partial charge in [-0.1, -0.05) is 0 Å². The second-order valence-corrected chi connectivity index (χ2v) is 3.58. The largest absolute Gasteiger partial charge is 0.391 e. The van der Waals surface area contributed by atoms with Crippen molar-refractivity contribution in [1.82, 2.24) is 0 Å².